The summed E-state index contributed by atoms with van der Waals surface area (Å²) in [6.45, 7) is -7.25. The lowest BCUT2D eigenvalue weighted by Crippen LogP contribution is -2.10. The summed E-state index contributed by atoms with van der Waals surface area (Å²) in [4.78, 5) is 11.2. The van der Waals surface area contributed by atoms with Crippen molar-refractivity contribution in [3.63, 3.8) is 0 Å². The van der Waals surface area contributed by atoms with Crippen molar-refractivity contribution in [2.45, 2.75) is 25.5 Å². The Morgan fingerprint density at radius 1 is 0.815 bits per heavy atom. The zero-order chi connectivity index (χ0) is 29.5. The van der Waals surface area contributed by atoms with Crippen LogP contribution in [0.15, 0.2) is 48.5 Å². The number of rotatable bonds is 11. The molecule has 0 saturated carbocycles. The molecule has 2 aromatic carbocycles. The lowest BCUT2D eigenvalue weighted by Gasteiger charge is -2.08. The lowest BCUT2D eigenvalue weighted by atomic mass is 10.2. The van der Waals surface area contributed by atoms with E-state index in [2.05, 4.69) is 0 Å². The van der Waals surface area contributed by atoms with E-state index in [9.17, 15) is 4.79 Å². The van der Waals surface area contributed by atoms with E-state index < -0.39 is 44.5 Å². The van der Waals surface area contributed by atoms with Crippen LogP contribution in [0.3, 0.4) is 0 Å². The van der Waals surface area contributed by atoms with Gasteiger partial charge in [0.05, 0.1) is 18.6 Å². The predicted octanol–water partition coefficient (Wildman–Crippen LogP) is 3.51. The van der Waals surface area contributed by atoms with Crippen molar-refractivity contribution in [1.29, 1.82) is 5.41 Å². The highest BCUT2D eigenvalue weighted by molar-refractivity contribution is 5.95. The molecule has 0 aliphatic heterocycles. The number of carbonyl (C=O) groups is 1. The molecule has 0 bridgehead atoms. The number of amidine groups is 1. The van der Waals surface area contributed by atoms with Gasteiger partial charge in [0.15, 0.2) is 0 Å². The monoisotopic (exact) mass is 403 g/mol. The van der Waals surface area contributed by atoms with Gasteiger partial charge < -0.3 is 20.9 Å². The quantitative estimate of drug-likeness (QED) is 0.393. The van der Waals surface area contributed by atoms with Crippen LogP contribution in [0.25, 0.3) is 0 Å². The van der Waals surface area contributed by atoms with Gasteiger partial charge in [-0.1, -0.05) is 0 Å². The van der Waals surface area contributed by atoms with E-state index in [4.69, 9.17) is 42.8 Å². The second kappa shape index (κ2) is 11.8. The van der Waals surface area contributed by atoms with Gasteiger partial charge in [0.1, 0.15) is 17.3 Å². The number of carbonyl (C=O) groups excluding carboxylic acids is 1. The largest absolute Gasteiger partial charge is 0.494 e. The van der Waals surface area contributed by atoms with E-state index in [-0.39, 0.29) is 40.9 Å². The molecule has 146 valence electrons. The first kappa shape index (κ1) is 9.99. The first-order valence-corrected chi connectivity index (χ1v) is 7.24. The maximum atomic E-state index is 11.2. The van der Waals surface area contributed by atoms with Gasteiger partial charge in [-0.25, -0.2) is 0 Å². The molecule has 0 aliphatic rings. The van der Waals surface area contributed by atoms with Crippen LogP contribution >= 0.6 is 12.4 Å². The zero-order valence-corrected chi connectivity index (χ0v) is 14.7. The van der Waals surface area contributed by atoms with Gasteiger partial charge >= 0.3 is 0 Å². The molecule has 27 heavy (non-hydrogen) atoms. The number of primary amides is 1. The normalized spacial score (nSPS) is 19.7. The molecular formula is C20H26ClN3O3. The van der Waals surface area contributed by atoms with E-state index in [1.54, 1.807) is 0 Å². The van der Waals surface area contributed by atoms with Crippen LogP contribution in [0, 0.1) is 5.41 Å². The molecule has 0 spiro atoms. The van der Waals surface area contributed by atoms with Crippen molar-refractivity contribution in [3.8, 4) is 11.5 Å². The lowest BCUT2D eigenvalue weighted by molar-refractivity contribution is 0.1000. The van der Waals surface area contributed by atoms with Gasteiger partial charge in [0, 0.05) is 22.1 Å². The van der Waals surface area contributed by atoms with Gasteiger partial charge in [0.2, 0.25) is 5.91 Å². The van der Waals surface area contributed by atoms with E-state index in [0.717, 1.165) is 36.4 Å². The molecule has 7 heteroatoms. The Morgan fingerprint density at radius 3 is 1.59 bits per heavy atom. The molecule has 5 N–H and O–H groups in total. The second-order valence-corrected chi connectivity index (χ2v) is 4.73. The molecule has 0 fully saturated rings. The average molecular weight is 404 g/mol. The number of nitrogens with two attached hydrogens (primary N) is 2. The van der Waals surface area contributed by atoms with E-state index in [0.29, 0.717) is 0 Å². The maximum Gasteiger partial charge on any atom is 0.248 e. The first-order chi connectivity index (χ1) is 17.0. The van der Waals surface area contributed by atoms with Crippen LogP contribution in [-0.2, 0) is 0 Å². The Morgan fingerprint density at radius 2 is 1.22 bits per heavy atom. The molecule has 0 heterocycles. The SMILES string of the molecule is Cl.[2H]C([2H])(Oc1ccc(C(=N)N)cc1)C([2H])([2H])C([2H])([2H])C([2H])([2H])C([2H])([2H])C([2H])([2H])Oc1ccc(C(N)=O)cc1. The zero-order valence-electron chi connectivity index (χ0n) is 25.9. The number of ether oxygens (including phenoxy) is 2. The summed E-state index contributed by atoms with van der Waals surface area (Å²) >= 11 is 0. The van der Waals surface area contributed by atoms with Crippen LogP contribution < -0.4 is 20.9 Å². The number of nitrogens with one attached hydrogen (secondary N) is 1. The van der Waals surface area contributed by atoms with Crippen LogP contribution in [0.1, 0.15) is 57.9 Å². The molecular weight excluding hydrogens is 366 g/mol. The summed E-state index contributed by atoms with van der Waals surface area (Å²) in [7, 11) is 0. The summed E-state index contributed by atoms with van der Waals surface area (Å²) in [6, 6.07) is 9.07. The van der Waals surface area contributed by atoms with E-state index in [1.807, 2.05) is 0 Å². The van der Waals surface area contributed by atoms with E-state index >= 15 is 0 Å². The molecule has 0 atom stereocenters. The molecule has 2 aromatic rings. The summed E-state index contributed by atoms with van der Waals surface area (Å²) in [5.41, 5.74) is 10.7. The number of amides is 1. The fourth-order valence-corrected chi connectivity index (χ4v) is 1.67. The van der Waals surface area contributed by atoms with Crippen LogP contribution in [-0.4, -0.2) is 24.9 Å². The second-order valence-electron chi connectivity index (χ2n) is 4.73. The Kier molecular flexibility index (Phi) is 4.37. The highest BCUT2D eigenvalue weighted by atomic mass is 35.5. The van der Waals surface area contributed by atoms with E-state index in [1.165, 1.54) is 12.1 Å². The average Bonchev–Trinajstić information content (AvgIpc) is 2.78. The van der Waals surface area contributed by atoms with Gasteiger partial charge in [-0.2, -0.15) is 0 Å². The predicted molar refractivity (Wildman–Crippen MR) is 109 cm³/mol. The third-order valence-electron chi connectivity index (χ3n) is 2.93. The number of hydrogen-bond donors (Lipinski definition) is 3. The fourth-order valence-electron chi connectivity index (χ4n) is 1.67. The van der Waals surface area contributed by atoms with Crippen molar-refractivity contribution in [1.82, 2.24) is 0 Å². The van der Waals surface area contributed by atoms with Crippen molar-refractivity contribution in [2.24, 2.45) is 11.5 Å². The summed E-state index contributed by atoms with van der Waals surface area (Å²) in [5.74, 6) is -1.84. The van der Waals surface area contributed by atoms with Crippen LogP contribution in [0.2, 0.25) is 0 Å². The van der Waals surface area contributed by atoms with Crippen LogP contribution in [0.5, 0.6) is 11.5 Å². The van der Waals surface area contributed by atoms with Crippen molar-refractivity contribution in [2.75, 3.05) is 13.1 Å². The molecule has 0 aromatic heterocycles. The highest BCUT2D eigenvalue weighted by Gasteiger charge is 2.01. The number of halogens is 1. The fraction of sp³-hybridized carbons (Fsp3) is 0.300. The Balaban J connectivity index is 0.00000760. The minimum Gasteiger partial charge on any atom is -0.494 e. The van der Waals surface area contributed by atoms with Crippen molar-refractivity contribution in [3.05, 3.63) is 59.7 Å². The molecule has 1 amide bonds. The Labute approximate surface area is 182 Å². The third kappa shape index (κ3) is 8.00. The molecule has 0 unspecified atom stereocenters. The summed E-state index contributed by atoms with van der Waals surface area (Å²) in [6.07, 6.45) is -16.0. The molecule has 0 radical (unpaired) electrons. The standard InChI is InChI=1S/C20H25N3O3.ClH/c21-19(22)15-5-9-17(10-6-15)25-13-3-1-2-4-14-26-18-11-7-16(8-12-18)20(23)24;/h5-12H,1-4,13-14H2,(H3,21,22)(H2,23,24);1H/i1D2,2D2,3D2,4D2,13D2,14D2;. The topological polar surface area (TPSA) is 111 Å². The molecule has 0 saturated heterocycles. The summed E-state index contributed by atoms with van der Waals surface area (Å²) < 4.78 is 107. The first-order valence-electron chi connectivity index (χ1n) is 13.2. The number of benzene rings is 2. The highest BCUT2D eigenvalue weighted by Crippen LogP contribution is 2.14. The van der Waals surface area contributed by atoms with Gasteiger partial charge in [0.25, 0.3) is 0 Å². The van der Waals surface area contributed by atoms with Gasteiger partial charge in [-0.3, -0.25) is 10.2 Å². The molecule has 6 nitrogen and oxygen atoms in total. The van der Waals surface area contributed by atoms with Gasteiger partial charge in [-0.15, -0.1) is 12.4 Å². The Bertz CT molecular complexity index is 1100. The van der Waals surface area contributed by atoms with Crippen molar-refractivity contribution < 1.29 is 30.7 Å². The number of nitrogen functional groups attached to an aromatic ring is 1. The minimum absolute atomic E-state index is 0. The van der Waals surface area contributed by atoms with Gasteiger partial charge in [-0.05, 0) is 74.0 Å². The maximum absolute atomic E-state index is 11.2. The van der Waals surface area contributed by atoms with Crippen LogP contribution in [0.4, 0.5) is 0 Å². The third-order valence-corrected chi connectivity index (χ3v) is 2.93. The number of hydrogen-bond acceptors (Lipinski definition) is 4. The van der Waals surface area contributed by atoms with Crippen molar-refractivity contribution >= 4 is 24.1 Å². The molecule has 0 aliphatic carbocycles. The minimum atomic E-state index is -4.07. The summed E-state index contributed by atoms with van der Waals surface area (Å²) in [5, 5.41) is 7.36. The Hall–Kier alpha value is -2.73. The smallest absolute Gasteiger partial charge is 0.248 e. The molecule has 2 rings (SSSR count).